The van der Waals surface area contributed by atoms with E-state index in [0.29, 0.717) is 6.04 Å². The summed E-state index contributed by atoms with van der Waals surface area (Å²) in [5, 5.41) is 5.14. The molecule has 0 aliphatic heterocycles. The van der Waals surface area contributed by atoms with Crippen molar-refractivity contribution in [3.05, 3.63) is 33.3 Å². The molecular formula is C15H23BrClNS. The van der Waals surface area contributed by atoms with E-state index in [2.05, 4.69) is 54.2 Å². The highest BCUT2D eigenvalue weighted by molar-refractivity contribution is 9.10. The van der Waals surface area contributed by atoms with Gasteiger partial charge in [-0.15, -0.1) is 0 Å². The first-order valence-corrected chi connectivity index (χ1v) is 9.07. The molecule has 1 aromatic rings. The van der Waals surface area contributed by atoms with Crippen LogP contribution in [0.2, 0.25) is 5.02 Å². The van der Waals surface area contributed by atoms with Gasteiger partial charge in [0.05, 0.1) is 0 Å². The third-order valence-electron chi connectivity index (χ3n) is 3.13. The molecule has 1 nitrogen and oxygen atoms in total. The second kappa shape index (κ2) is 9.28. The summed E-state index contributed by atoms with van der Waals surface area (Å²) in [6.07, 6.45) is 2.21. The van der Waals surface area contributed by atoms with Crippen LogP contribution in [-0.4, -0.2) is 23.6 Å². The van der Waals surface area contributed by atoms with Crippen molar-refractivity contribution in [2.24, 2.45) is 0 Å². The molecule has 0 saturated heterocycles. The molecule has 0 radical (unpaired) electrons. The maximum atomic E-state index is 6.30. The second-order valence-electron chi connectivity index (χ2n) is 4.75. The predicted molar refractivity (Wildman–Crippen MR) is 92.5 cm³/mol. The summed E-state index contributed by atoms with van der Waals surface area (Å²) >= 11 is 11.8. The van der Waals surface area contributed by atoms with E-state index in [4.69, 9.17) is 11.6 Å². The van der Waals surface area contributed by atoms with Gasteiger partial charge in [-0.25, -0.2) is 0 Å². The largest absolute Gasteiger partial charge is 0.313 e. The summed E-state index contributed by atoms with van der Waals surface area (Å²) in [7, 11) is 0. The van der Waals surface area contributed by atoms with Gasteiger partial charge in [0.2, 0.25) is 0 Å². The summed E-state index contributed by atoms with van der Waals surface area (Å²) in [4.78, 5) is 0. The molecule has 0 aliphatic carbocycles. The van der Waals surface area contributed by atoms with Crippen molar-refractivity contribution in [3.8, 4) is 0 Å². The lowest BCUT2D eigenvalue weighted by molar-refractivity contribution is 0.572. The molecule has 0 saturated carbocycles. The Morgan fingerprint density at radius 3 is 2.68 bits per heavy atom. The first kappa shape index (κ1) is 17.4. The molecule has 0 spiro atoms. The molecule has 1 rings (SSSR count). The van der Waals surface area contributed by atoms with Crippen LogP contribution in [-0.2, 0) is 6.42 Å². The molecule has 19 heavy (non-hydrogen) atoms. The zero-order valence-electron chi connectivity index (χ0n) is 11.9. The second-order valence-corrected chi connectivity index (χ2v) is 7.54. The van der Waals surface area contributed by atoms with Gasteiger partial charge < -0.3 is 5.32 Å². The highest BCUT2D eigenvalue weighted by atomic mass is 79.9. The van der Waals surface area contributed by atoms with Crippen molar-refractivity contribution >= 4 is 39.3 Å². The molecule has 108 valence electrons. The van der Waals surface area contributed by atoms with Gasteiger partial charge >= 0.3 is 0 Å². The monoisotopic (exact) mass is 363 g/mol. The number of likely N-dealkylation sites (N-methyl/N-ethyl adjacent to an activating group) is 1. The van der Waals surface area contributed by atoms with Crippen LogP contribution in [0.4, 0.5) is 0 Å². The van der Waals surface area contributed by atoms with Crippen molar-refractivity contribution in [3.63, 3.8) is 0 Å². The van der Waals surface area contributed by atoms with E-state index >= 15 is 0 Å². The molecule has 4 heteroatoms. The Morgan fingerprint density at radius 1 is 1.37 bits per heavy atom. The summed E-state index contributed by atoms with van der Waals surface area (Å²) in [6.45, 7) is 7.69. The Bertz CT molecular complexity index is 386. The van der Waals surface area contributed by atoms with Crippen LogP contribution in [0.25, 0.3) is 0 Å². The van der Waals surface area contributed by atoms with Gasteiger partial charge in [-0.05, 0) is 37.1 Å². The van der Waals surface area contributed by atoms with Crippen LogP contribution in [0.1, 0.15) is 32.8 Å². The van der Waals surface area contributed by atoms with Crippen molar-refractivity contribution in [2.45, 2.75) is 44.9 Å². The molecule has 1 N–H and O–H groups in total. The van der Waals surface area contributed by atoms with E-state index < -0.39 is 0 Å². The summed E-state index contributed by atoms with van der Waals surface area (Å²) in [5.74, 6) is 1.13. The summed E-state index contributed by atoms with van der Waals surface area (Å²) < 4.78 is 1.04. The molecule has 1 aromatic carbocycles. The fraction of sp³-hybridized carbons (Fsp3) is 0.600. The fourth-order valence-electron chi connectivity index (χ4n) is 1.83. The van der Waals surface area contributed by atoms with Gasteiger partial charge in [-0.2, -0.15) is 11.8 Å². The molecule has 2 unspecified atom stereocenters. The van der Waals surface area contributed by atoms with Crippen LogP contribution < -0.4 is 5.32 Å². The number of rotatable bonds is 8. The molecular weight excluding hydrogens is 342 g/mol. The Labute approximate surface area is 135 Å². The highest BCUT2D eigenvalue weighted by Gasteiger charge is 2.12. The fourth-order valence-corrected chi connectivity index (χ4v) is 3.61. The van der Waals surface area contributed by atoms with Crippen LogP contribution >= 0.6 is 39.3 Å². The molecule has 0 fully saturated rings. The summed E-state index contributed by atoms with van der Waals surface area (Å²) in [6, 6.07) is 6.64. The number of nitrogens with one attached hydrogen (secondary N) is 1. The highest BCUT2D eigenvalue weighted by Crippen LogP contribution is 2.24. The van der Waals surface area contributed by atoms with Crippen LogP contribution in [0, 0.1) is 0 Å². The zero-order chi connectivity index (χ0) is 14.3. The van der Waals surface area contributed by atoms with E-state index in [1.165, 1.54) is 12.0 Å². The van der Waals surface area contributed by atoms with Gasteiger partial charge in [0.1, 0.15) is 0 Å². The Hall–Kier alpha value is 0.300. The van der Waals surface area contributed by atoms with Crippen molar-refractivity contribution in [2.75, 3.05) is 12.3 Å². The maximum Gasteiger partial charge on any atom is 0.0449 e. The SMILES string of the molecule is CCNC(CSC(C)CC)Cc1ccc(Br)cc1Cl. The van der Waals surface area contributed by atoms with Crippen LogP contribution in [0.15, 0.2) is 22.7 Å². The van der Waals surface area contributed by atoms with Crippen molar-refractivity contribution < 1.29 is 0 Å². The lowest BCUT2D eigenvalue weighted by Gasteiger charge is -2.20. The minimum atomic E-state index is 0.489. The third kappa shape index (κ3) is 6.52. The number of benzene rings is 1. The lowest BCUT2D eigenvalue weighted by Crippen LogP contribution is -2.33. The van der Waals surface area contributed by atoms with Gasteiger partial charge in [0, 0.05) is 26.5 Å². The summed E-state index contributed by atoms with van der Waals surface area (Å²) in [5.41, 5.74) is 1.22. The van der Waals surface area contributed by atoms with Crippen molar-refractivity contribution in [1.29, 1.82) is 0 Å². The van der Waals surface area contributed by atoms with E-state index in [9.17, 15) is 0 Å². The first-order valence-electron chi connectivity index (χ1n) is 6.85. The predicted octanol–water partition coefficient (Wildman–Crippen LogP) is 5.15. The van der Waals surface area contributed by atoms with Crippen LogP contribution in [0.5, 0.6) is 0 Å². The Morgan fingerprint density at radius 2 is 2.11 bits per heavy atom. The quantitative estimate of drug-likeness (QED) is 0.684. The van der Waals surface area contributed by atoms with E-state index in [1.54, 1.807) is 0 Å². The average Bonchev–Trinajstić information content (AvgIpc) is 2.38. The van der Waals surface area contributed by atoms with Crippen molar-refractivity contribution in [1.82, 2.24) is 5.32 Å². The molecule has 0 heterocycles. The normalized spacial score (nSPS) is 14.4. The zero-order valence-corrected chi connectivity index (χ0v) is 15.0. The van der Waals surface area contributed by atoms with E-state index in [0.717, 1.165) is 33.5 Å². The van der Waals surface area contributed by atoms with E-state index in [-0.39, 0.29) is 0 Å². The minimum absolute atomic E-state index is 0.489. The van der Waals surface area contributed by atoms with Gasteiger partial charge in [-0.1, -0.05) is 54.4 Å². The minimum Gasteiger partial charge on any atom is -0.313 e. The number of hydrogen-bond donors (Lipinski definition) is 1. The topological polar surface area (TPSA) is 12.0 Å². The molecule has 0 amide bonds. The van der Waals surface area contributed by atoms with Gasteiger partial charge in [-0.3, -0.25) is 0 Å². The first-order chi connectivity index (χ1) is 9.06. The third-order valence-corrected chi connectivity index (χ3v) is 5.47. The molecule has 0 aliphatic rings. The number of halogens is 2. The van der Waals surface area contributed by atoms with Gasteiger partial charge in [0.25, 0.3) is 0 Å². The lowest BCUT2D eigenvalue weighted by atomic mass is 10.1. The average molecular weight is 365 g/mol. The Kier molecular flexibility index (Phi) is 8.47. The van der Waals surface area contributed by atoms with E-state index in [1.807, 2.05) is 17.8 Å². The molecule has 0 bridgehead atoms. The molecule has 2 atom stereocenters. The standard InChI is InChI=1S/C15H23BrClNS/c1-4-11(3)19-10-14(18-5-2)8-12-6-7-13(16)9-15(12)17/h6-7,9,11,14,18H,4-5,8,10H2,1-3H3. The Balaban J connectivity index is 2.61. The number of thioether (sulfide) groups is 1. The smallest absolute Gasteiger partial charge is 0.0449 e. The molecule has 0 aromatic heterocycles. The number of hydrogen-bond acceptors (Lipinski definition) is 2. The van der Waals surface area contributed by atoms with Gasteiger partial charge in [0.15, 0.2) is 0 Å². The van der Waals surface area contributed by atoms with Crippen LogP contribution in [0.3, 0.4) is 0 Å². The maximum absolute atomic E-state index is 6.30.